The second kappa shape index (κ2) is 9.44. The van der Waals surface area contributed by atoms with Crippen LogP contribution in [0.25, 0.3) is 0 Å². The van der Waals surface area contributed by atoms with Crippen LogP contribution in [0.3, 0.4) is 0 Å². The van der Waals surface area contributed by atoms with Crippen molar-refractivity contribution < 1.29 is 27.1 Å². The highest BCUT2D eigenvalue weighted by Crippen LogP contribution is 2.39. The number of alkyl halides is 3. The number of rotatable bonds is 4. The van der Waals surface area contributed by atoms with E-state index in [1.807, 2.05) is 6.07 Å². The number of benzene rings is 1. The Morgan fingerprint density at radius 1 is 1.26 bits per heavy atom. The molecule has 0 radical (unpaired) electrons. The van der Waals surface area contributed by atoms with Crippen LogP contribution in [0.4, 0.5) is 13.2 Å². The van der Waals surface area contributed by atoms with Crippen LogP contribution in [0.15, 0.2) is 59.2 Å². The minimum atomic E-state index is -4.41. The number of halogens is 3. The van der Waals surface area contributed by atoms with Gasteiger partial charge >= 0.3 is 12.1 Å². The molecule has 0 amide bonds. The molecule has 0 unspecified atom stereocenters. The molecule has 0 bridgehead atoms. The Morgan fingerprint density at radius 3 is 2.52 bits per heavy atom. The van der Waals surface area contributed by atoms with E-state index >= 15 is 0 Å². The van der Waals surface area contributed by atoms with Crippen LogP contribution in [0, 0.1) is 11.8 Å². The molecule has 0 aliphatic carbocycles. The zero-order valence-corrected chi connectivity index (χ0v) is 17.4. The average Bonchev–Trinajstić information content (AvgIpc) is 3.22. The van der Waals surface area contributed by atoms with Crippen LogP contribution in [-0.2, 0) is 15.7 Å². The van der Waals surface area contributed by atoms with Gasteiger partial charge < -0.3 is 9.15 Å². The second-order valence-corrected chi connectivity index (χ2v) is 7.60. The molecule has 1 aliphatic heterocycles. The maximum absolute atomic E-state index is 13.0. The fraction of sp³-hybridized carbons (Fsp3) is 0.375. The van der Waals surface area contributed by atoms with Gasteiger partial charge in [0.05, 0.1) is 11.8 Å². The normalized spacial score (nSPS) is 20.4. The lowest BCUT2D eigenvalue weighted by atomic mass is 9.90. The maximum Gasteiger partial charge on any atom is 0.416 e. The summed E-state index contributed by atoms with van der Waals surface area (Å²) in [5.41, 5.74) is 0.677. The molecule has 1 saturated heterocycles. The molecule has 0 N–H and O–H groups in total. The molecule has 3 rings (SSSR count). The van der Waals surface area contributed by atoms with Crippen LogP contribution in [0.5, 0.6) is 0 Å². The Balaban J connectivity index is 1.99. The van der Waals surface area contributed by atoms with E-state index in [9.17, 15) is 18.0 Å². The highest BCUT2D eigenvalue weighted by molar-refractivity contribution is 5.66. The van der Waals surface area contributed by atoms with Crippen LogP contribution in [0.2, 0.25) is 0 Å². The molecule has 31 heavy (non-hydrogen) atoms. The maximum atomic E-state index is 13.0. The molecule has 0 saturated carbocycles. The SMILES string of the molecule is C=C(C)C#C[C@H](c1ccco1)N1CC[C@@H](OC(C)=O)C[C@H]1c1ccc(C(F)(F)F)cc1. The third kappa shape index (κ3) is 5.80. The van der Waals surface area contributed by atoms with Crippen molar-refractivity contribution in [2.24, 2.45) is 0 Å². The molecule has 3 atom stereocenters. The van der Waals surface area contributed by atoms with E-state index in [0.717, 1.165) is 12.1 Å². The summed E-state index contributed by atoms with van der Waals surface area (Å²) in [6.45, 7) is 7.50. The van der Waals surface area contributed by atoms with E-state index in [1.165, 1.54) is 19.1 Å². The second-order valence-electron chi connectivity index (χ2n) is 7.60. The van der Waals surface area contributed by atoms with Crippen molar-refractivity contribution in [3.63, 3.8) is 0 Å². The summed E-state index contributed by atoms with van der Waals surface area (Å²) in [6.07, 6.45) is -2.15. The Hall–Kier alpha value is -2.98. The number of carbonyl (C=O) groups is 1. The molecule has 7 heteroatoms. The predicted molar refractivity (Wildman–Crippen MR) is 110 cm³/mol. The first-order valence-electron chi connectivity index (χ1n) is 9.95. The summed E-state index contributed by atoms with van der Waals surface area (Å²) < 4.78 is 50.1. The van der Waals surface area contributed by atoms with Gasteiger partial charge in [-0.25, -0.2) is 0 Å². The quantitative estimate of drug-likeness (QED) is 0.461. The molecule has 1 aromatic carbocycles. The fourth-order valence-corrected chi connectivity index (χ4v) is 3.78. The van der Waals surface area contributed by atoms with Crippen molar-refractivity contribution >= 4 is 5.97 Å². The van der Waals surface area contributed by atoms with Crippen molar-refractivity contribution in [2.75, 3.05) is 6.54 Å². The summed E-state index contributed by atoms with van der Waals surface area (Å²) in [5, 5.41) is 0. The zero-order chi connectivity index (χ0) is 22.6. The predicted octanol–water partition coefficient (Wildman–Crippen LogP) is 5.69. The number of carbonyl (C=O) groups excluding carboxylic acids is 1. The minimum Gasteiger partial charge on any atom is -0.467 e. The van der Waals surface area contributed by atoms with Gasteiger partial charge in [-0.15, -0.1) is 0 Å². The number of ether oxygens (including phenoxy) is 1. The molecule has 1 aliphatic rings. The number of furan rings is 1. The Morgan fingerprint density at radius 2 is 1.97 bits per heavy atom. The summed E-state index contributed by atoms with van der Waals surface area (Å²) in [5.74, 6) is 6.43. The van der Waals surface area contributed by atoms with Crippen LogP contribution < -0.4 is 0 Å². The molecule has 164 valence electrons. The molecule has 2 heterocycles. The lowest BCUT2D eigenvalue weighted by molar-refractivity contribution is -0.150. The van der Waals surface area contributed by atoms with Gasteiger partial charge in [0.1, 0.15) is 17.9 Å². The van der Waals surface area contributed by atoms with E-state index in [-0.39, 0.29) is 18.1 Å². The van der Waals surface area contributed by atoms with Crippen molar-refractivity contribution in [3.8, 4) is 11.8 Å². The van der Waals surface area contributed by atoms with Crippen molar-refractivity contribution in [1.82, 2.24) is 4.90 Å². The topological polar surface area (TPSA) is 42.7 Å². The number of allylic oxidation sites excluding steroid dienone is 1. The average molecular weight is 431 g/mol. The van der Waals surface area contributed by atoms with Crippen molar-refractivity contribution in [1.29, 1.82) is 0 Å². The van der Waals surface area contributed by atoms with Gasteiger partial charge in [0.2, 0.25) is 0 Å². The van der Waals surface area contributed by atoms with Gasteiger partial charge in [0, 0.05) is 25.9 Å². The molecular formula is C24H24F3NO3. The highest BCUT2D eigenvalue weighted by Gasteiger charge is 2.37. The standard InChI is InChI=1S/C24H24F3NO3/c1-16(2)6-11-21(23-5-4-14-30-23)28-13-12-20(31-17(3)29)15-22(28)18-7-9-19(10-8-18)24(25,26)27/h4-5,7-10,14,20-22H,1,12-13,15H2,2-3H3/t20-,21-,22+/m1/s1. The molecule has 1 aromatic heterocycles. The first-order valence-corrected chi connectivity index (χ1v) is 9.95. The van der Waals surface area contributed by atoms with E-state index in [2.05, 4.69) is 23.3 Å². The molecule has 1 fully saturated rings. The van der Waals surface area contributed by atoms with Crippen LogP contribution in [-0.4, -0.2) is 23.5 Å². The fourth-order valence-electron chi connectivity index (χ4n) is 3.78. The number of nitrogens with zero attached hydrogens (tertiary/aromatic N) is 1. The summed E-state index contributed by atoms with van der Waals surface area (Å²) >= 11 is 0. The number of esters is 1. The third-order valence-corrected chi connectivity index (χ3v) is 5.12. The van der Waals surface area contributed by atoms with Crippen LogP contribution in [0.1, 0.15) is 55.7 Å². The van der Waals surface area contributed by atoms with E-state index in [1.54, 1.807) is 19.3 Å². The highest BCUT2D eigenvalue weighted by atomic mass is 19.4. The molecule has 4 nitrogen and oxygen atoms in total. The first kappa shape index (κ1) is 22.7. The number of hydrogen-bond acceptors (Lipinski definition) is 4. The summed E-state index contributed by atoms with van der Waals surface area (Å²) in [6, 6.07) is 7.95. The molecular weight excluding hydrogens is 407 g/mol. The molecule has 0 spiro atoms. The Labute approximate surface area is 179 Å². The van der Waals surface area contributed by atoms with E-state index in [4.69, 9.17) is 9.15 Å². The number of piperidine rings is 1. The third-order valence-electron chi connectivity index (χ3n) is 5.12. The smallest absolute Gasteiger partial charge is 0.416 e. The first-order chi connectivity index (χ1) is 14.6. The van der Waals surface area contributed by atoms with E-state index in [0.29, 0.717) is 36.3 Å². The Kier molecular flexibility index (Phi) is 6.91. The van der Waals surface area contributed by atoms with Crippen LogP contribution >= 0.6 is 0 Å². The van der Waals surface area contributed by atoms with Gasteiger partial charge in [-0.1, -0.05) is 30.6 Å². The van der Waals surface area contributed by atoms with Gasteiger partial charge in [0.15, 0.2) is 0 Å². The number of likely N-dealkylation sites (tertiary alicyclic amines) is 1. The van der Waals surface area contributed by atoms with Gasteiger partial charge in [-0.3, -0.25) is 9.69 Å². The largest absolute Gasteiger partial charge is 0.467 e. The van der Waals surface area contributed by atoms with Crippen molar-refractivity contribution in [2.45, 2.75) is 51.1 Å². The van der Waals surface area contributed by atoms with Gasteiger partial charge in [-0.2, -0.15) is 13.2 Å². The summed E-state index contributed by atoms with van der Waals surface area (Å²) in [7, 11) is 0. The van der Waals surface area contributed by atoms with Crippen molar-refractivity contribution in [3.05, 3.63) is 71.7 Å². The summed E-state index contributed by atoms with van der Waals surface area (Å²) in [4.78, 5) is 13.6. The Bertz CT molecular complexity index is 968. The van der Waals surface area contributed by atoms with Gasteiger partial charge in [0.25, 0.3) is 0 Å². The number of hydrogen-bond donors (Lipinski definition) is 0. The van der Waals surface area contributed by atoms with Gasteiger partial charge in [-0.05, 0) is 48.7 Å². The zero-order valence-electron chi connectivity index (χ0n) is 17.4. The molecule has 2 aromatic rings. The van der Waals surface area contributed by atoms with E-state index < -0.39 is 17.8 Å². The monoisotopic (exact) mass is 431 g/mol. The minimum absolute atomic E-state index is 0.310. The lowest BCUT2D eigenvalue weighted by Gasteiger charge is -2.41. The lowest BCUT2D eigenvalue weighted by Crippen LogP contribution is -2.42.